The Kier molecular flexibility index (Phi) is 3.05. The first-order valence-electron chi connectivity index (χ1n) is 5.70. The third-order valence-corrected chi connectivity index (χ3v) is 5.66. The fraction of sp³-hybridized carbons (Fsp3) is 1.00. The Morgan fingerprint density at radius 2 is 2.07 bits per heavy atom. The van der Waals surface area contributed by atoms with E-state index in [2.05, 4.69) is 0 Å². The van der Waals surface area contributed by atoms with Gasteiger partial charge >= 0.3 is 0 Å². The van der Waals surface area contributed by atoms with Gasteiger partial charge in [0.2, 0.25) is 10.0 Å². The molecule has 1 aliphatic carbocycles. The van der Waals surface area contributed by atoms with Crippen LogP contribution in [0.15, 0.2) is 0 Å². The Labute approximate surface area is 91.3 Å². The van der Waals surface area contributed by atoms with Crippen molar-refractivity contribution in [2.45, 2.75) is 56.4 Å². The average Bonchev–Trinajstić information content (AvgIpc) is 2.88. The molecule has 1 heterocycles. The smallest absolute Gasteiger partial charge is 0.217 e. The van der Waals surface area contributed by atoms with Crippen molar-refractivity contribution in [3.63, 3.8) is 0 Å². The van der Waals surface area contributed by atoms with E-state index in [-0.39, 0.29) is 11.3 Å². The summed E-state index contributed by atoms with van der Waals surface area (Å²) in [5, 5.41) is 9.21. The Bertz CT molecular complexity index is 322. The summed E-state index contributed by atoms with van der Waals surface area (Å²) in [4.78, 5) is 0. The van der Waals surface area contributed by atoms with Gasteiger partial charge in [-0.2, -0.15) is 4.31 Å². The zero-order valence-corrected chi connectivity index (χ0v) is 9.91. The highest BCUT2D eigenvalue weighted by molar-refractivity contribution is 7.90. The van der Waals surface area contributed by atoms with Gasteiger partial charge in [-0.05, 0) is 39.0 Å². The molecule has 2 unspecified atom stereocenters. The highest BCUT2D eigenvalue weighted by Crippen LogP contribution is 2.35. The molecule has 4 nitrogen and oxygen atoms in total. The Morgan fingerprint density at radius 3 is 2.60 bits per heavy atom. The van der Waals surface area contributed by atoms with Crippen molar-refractivity contribution in [1.29, 1.82) is 0 Å². The molecule has 15 heavy (non-hydrogen) atoms. The summed E-state index contributed by atoms with van der Waals surface area (Å²) in [6, 6.07) is 0.0376. The maximum absolute atomic E-state index is 12.0. The molecular weight excluding hydrogens is 214 g/mol. The number of aliphatic hydroxyl groups is 1. The molecule has 0 bridgehead atoms. The molecule has 2 atom stereocenters. The molecular formula is C10H19NO3S. The molecule has 0 radical (unpaired) electrons. The van der Waals surface area contributed by atoms with Crippen LogP contribution in [0.5, 0.6) is 0 Å². The van der Waals surface area contributed by atoms with Gasteiger partial charge in [0.15, 0.2) is 0 Å². The molecule has 0 aromatic carbocycles. The van der Waals surface area contributed by atoms with Crippen LogP contribution in [0, 0.1) is 0 Å². The largest absolute Gasteiger partial charge is 0.393 e. The van der Waals surface area contributed by atoms with Crippen LogP contribution in [0.2, 0.25) is 0 Å². The van der Waals surface area contributed by atoms with E-state index in [1.54, 1.807) is 11.2 Å². The second-order valence-corrected chi connectivity index (χ2v) is 6.90. The van der Waals surface area contributed by atoms with Gasteiger partial charge in [-0.1, -0.05) is 0 Å². The van der Waals surface area contributed by atoms with Gasteiger partial charge in [-0.3, -0.25) is 0 Å². The quantitative estimate of drug-likeness (QED) is 0.778. The molecule has 1 aliphatic heterocycles. The zero-order chi connectivity index (χ0) is 11.1. The lowest BCUT2D eigenvalue weighted by atomic mass is 10.1. The van der Waals surface area contributed by atoms with Gasteiger partial charge in [-0.15, -0.1) is 0 Å². The zero-order valence-electron chi connectivity index (χ0n) is 9.09. The van der Waals surface area contributed by atoms with Crippen LogP contribution >= 0.6 is 0 Å². The molecule has 1 N–H and O–H groups in total. The minimum atomic E-state index is -3.04. The standard InChI is InChI=1S/C10H19NO3S/c1-8(12)7-9-3-2-6-11(9)15(13,14)10-4-5-10/h8-10,12H,2-7H2,1H3. The summed E-state index contributed by atoms with van der Waals surface area (Å²) in [5.74, 6) is 0. The molecule has 1 saturated heterocycles. The molecule has 88 valence electrons. The summed E-state index contributed by atoms with van der Waals surface area (Å²) in [5.41, 5.74) is 0. The normalized spacial score (nSPS) is 30.7. The van der Waals surface area contributed by atoms with Crippen LogP contribution < -0.4 is 0 Å². The molecule has 2 fully saturated rings. The van der Waals surface area contributed by atoms with Gasteiger partial charge in [0.1, 0.15) is 0 Å². The van der Waals surface area contributed by atoms with Gasteiger partial charge in [0, 0.05) is 12.6 Å². The van der Waals surface area contributed by atoms with E-state index in [1.165, 1.54) is 0 Å². The molecule has 2 aliphatic rings. The average molecular weight is 233 g/mol. The molecule has 0 aromatic heterocycles. The lowest BCUT2D eigenvalue weighted by Crippen LogP contribution is -2.39. The summed E-state index contributed by atoms with van der Waals surface area (Å²) in [6.07, 6.45) is 3.64. The number of rotatable bonds is 4. The van der Waals surface area contributed by atoms with E-state index in [4.69, 9.17) is 0 Å². The number of hydrogen-bond acceptors (Lipinski definition) is 3. The van der Waals surface area contributed by atoms with Crippen LogP contribution in [0.1, 0.15) is 39.0 Å². The SMILES string of the molecule is CC(O)CC1CCCN1S(=O)(=O)C1CC1. The fourth-order valence-corrected chi connectivity index (χ4v) is 4.44. The predicted molar refractivity (Wildman–Crippen MR) is 58.0 cm³/mol. The van der Waals surface area contributed by atoms with E-state index in [0.717, 1.165) is 25.7 Å². The number of nitrogens with zero attached hydrogens (tertiary/aromatic N) is 1. The Morgan fingerprint density at radius 1 is 1.40 bits per heavy atom. The third-order valence-electron chi connectivity index (χ3n) is 3.21. The molecule has 0 amide bonds. The van der Waals surface area contributed by atoms with E-state index in [0.29, 0.717) is 13.0 Å². The van der Waals surface area contributed by atoms with Crippen molar-refractivity contribution < 1.29 is 13.5 Å². The highest BCUT2D eigenvalue weighted by Gasteiger charge is 2.44. The molecule has 0 spiro atoms. The van der Waals surface area contributed by atoms with Crippen molar-refractivity contribution >= 4 is 10.0 Å². The minimum absolute atomic E-state index is 0.0376. The van der Waals surface area contributed by atoms with Crippen LogP contribution in [0.4, 0.5) is 0 Å². The topological polar surface area (TPSA) is 57.6 Å². The van der Waals surface area contributed by atoms with Crippen LogP contribution in [0.25, 0.3) is 0 Å². The van der Waals surface area contributed by atoms with Crippen LogP contribution in [-0.4, -0.2) is 41.8 Å². The highest BCUT2D eigenvalue weighted by atomic mass is 32.2. The van der Waals surface area contributed by atoms with Crippen LogP contribution in [0.3, 0.4) is 0 Å². The maximum Gasteiger partial charge on any atom is 0.217 e. The van der Waals surface area contributed by atoms with E-state index < -0.39 is 16.1 Å². The molecule has 5 heteroatoms. The van der Waals surface area contributed by atoms with Gasteiger partial charge in [-0.25, -0.2) is 8.42 Å². The minimum Gasteiger partial charge on any atom is -0.393 e. The van der Waals surface area contributed by atoms with Crippen molar-refractivity contribution in [3.8, 4) is 0 Å². The molecule has 2 rings (SSSR count). The first-order valence-corrected chi connectivity index (χ1v) is 7.21. The maximum atomic E-state index is 12.0. The summed E-state index contributed by atoms with van der Waals surface area (Å²) in [7, 11) is -3.04. The third kappa shape index (κ3) is 2.34. The molecule has 0 aromatic rings. The summed E-state index contributed by atoms with van der Waals surface area (Å²) < 4.78 is 25.7. The fourth-order valence-electron chi connectivity index (χ4n) is 2.33. The van der Waals surface area contributed by atoms with Crippen molar-refractivity contribution in [3.05, 3.63) is 0 Å². The molecule has 1 saturated carbocycles. The summed E-state index contributed by atoms with van der Waals surface area (Å²) >= 11 is 0. The number of aliphatic hydroxyl groups excluding tert-OH is 1. The van der Waals surface area contributed by atoms with Crippen LogP contribution in [-0.2, 0) is 10.0 Å². The summed E-state index contributed by atoms with van der Waals surface area (Å²) in [6.45, 7) is 2.37. The first-order chi connectivity index (χ1) is 7.01. The van der Waals surface area contributed by atoms with Gasteiger partial charge < -0.3 is 5.11 Å². The van der Waals surface area contributed by atoms with E-state index in [9.17, 15) is 13.5 Å². The van der Waals surface area contributed by atoms with Gasteiger partial charge in [0.05, 0.1) is 11.4 Å². The monoisotopic (exact) mass is 233 g/mol. The van der Waals surface area contributed by atoms with E-state index in [1.807, 2.05) is 0 Å². The Balaban J connectivity index is 2.07. The Hall–Kier alpha value is -0.130. The van der Waals surface area contributed by atoms with Crippen molar-refractivity contribution in [1.82, 2.24) is 4.31 Å². The second-order valence-electron chi connectivity index (χ2n) is 4.74. The number of sulfonamides is 1. The van der Waals surface area contributed by atoms with Crippen molar-refractivity contribution in [2.75, 3.05) is 6.54 Å². The first kappa shape index (κ1) is 11.4. The number of hydrogen-bond donors (Lipinski definition) is 1. The lowest BCUT2D eigenvalue weighted by Gasteiger charge is -2.24. The van der Waals surface area contributed by atoms with Gasteiger partial charge in [0.25, 0.3) is 0 Å². The van der Waals surface area contributed by atoms with Crippen molar-refractivity contribution in [2.24, 2.45) is 0 Å². The second kappa shape index (κ2) is 4.03. The predicted octanol–water partition coefficient (Wildman–Crippen LogP) is 0.714. The van der Waals surface area contributed by atoms with E-state index >= 15 is 0 Å². The lowest BCUT2D eigenvalue weighted by molar-refractivity contribution is 0.158.